The van der Waals surface area contributed by atoms with E-state index in [2.05, 4.69) is 14.9 Å². The minimum Gasteiger partial charge on any atom is -0.356 e. The maximum absolute atomic E-state index is 11.7. The zero-order valence-electron chi connectivity index (χ0n) is 12.3. The van der Waals surface area contributed by atoms with E-state index in [4.69, 9.17) is 0 Å². The lowest BCUT2D eigenvalue weighted by Crippen LogP contribution is -2.24. The number of carbonyl (C=O) groups is 1. The molecule has 0 saturated carbocycles. The molecular formula is C17H17N3OS. The van der Waals surface area contributed by atoms with Gasteiger partial charge in [-0.2, -0.15) is 0 Å². The average molecular weight is 311 g/mol. The summed E-state index contributed by atoms with van der Waals surface area (Å²) in [5, 5.41) is 3.64. The molecule has 4 nitrogen and oxygen atoms in total. The minimum absolute atomic E-state index is 0.0270. The molecule has 0 saturated heterocycles. The third-order valence-electron chi connectivity index (χ3n) is 3.25. The number of rotatable bonds is 5. The van der Waals surface area contributed by atoms with Gasteiger partial charge in [0.15, 0.2) is 5.16 Å². The lowest BCUT2D eigenvalue weighted by molar-refractivity contribution is -0.118. The first kappa shape index (κ1) is 14.7. The number of hydrogen-bond donors (Lipinski definition) is 1. The minimum atomic E-state index is 0.0270. The third-order valence-corrected chi connectivity index (χ3v) is 4.19. The van der Waals surface area contributed by atoms with Crippen LogP contribution in [0.15, 0.2) is 59.8 Å². The monoisotopic (exact) mass is 311 g/mol. The maximum Gasteiger partial charge on any atom is 0.230 e. The van der Waals surface area contributed by atoms with E-state index in [0.717, 1.165) is 21.9 Å². The predicted octanol–water partition coefficient (Wildman–Crippen LogP) is 3.25. The molecule has 0 fully saturated rings. The van der Waals surface area contributed by atoms with E-state index in [-0.39, 0.29) is 5.91 Å². The van der Waals surface area contributed by atoms with Crippen molar-refractivity contribution < 1.29 is 4.79 Å². The molecular weight excluding hydrogens is 294 g/mol. The Labute approximate surface area is 133 Å². The van der Waals surface area contributed by atoms with Crippen LogP contribution in [0.25, 0.3) is 16.7 Å². The molecule has 2 aromatic carbocycles. The second-order valence-corrected chi connectivity index (χ2v) is 5.74. The summed E-state index contributed by atoms with van der Waals surface area (Å²) in [5.74, 6) is 0.392. The molecule has 3 rings (SSSR count). The van der Waals surface area contributed by atoms with Crippen molar-refractivity contribution in [1.29, 1.82) is 0 Å². The molecule has 0 spiro atoms. The highest BCUT2D eigenvalue weighted by atomic mass is 32.2. The fourth-order valence-electron chi connectivity index (χ4n) is 2.31. The molecule has 1 N–H and O–H groups in total. The van der Waals surface area contributed by atoms with Crippen molar-refractivity contribution in [3.05, 3.63) is 54.6 Å². The largest absolute Gasteiger partial charge is 0.356 e. The van der Waals surface area contributed by atoms with Crippen molar-refractivity contribution in [2.45, 2.75) is 12.1 Å². The van der Waals surface area contributed by atoms with Gasteiger partial charge >= 0.3 is 0 Å². The van der Waals surface area contributed by atoms with Gasteiger partial charge in [-0.05, 0) is 31.2 Å². The highest BCUT2D eigenvalue weighted by Crippen LogP contribution is 2.27. The van der Waals surface area contributed by atoms with Crippen molar-refractivity contribution in [2.24, 2.45) is 0 Å². The van der Waals surface area contributed by atoms with Crippen molar-refractivity contribution in [1.82, 2.24) is 14.9 Å². The Balaban J connectivity index is 2.00. The number of carbonyl (C=O) groups excluding carboxylic acids is 1. The quantitative estimate of drug-likeness (QED) is 0.736. The SMILES string of the molecule is CCNC(=O)CSc1nc2ccccc2n1-c1ccccc1. The zero-order chi connectivity index (χ0) is 15.4. The van der Waals surface area contributed by atoms with Gasteiger partial charge in [0.2, 0.25) is 5.91 Å². The molecule has 0 radical (unpaired) electrons. The molecule has 5 heteroatoms. The summed E-state index contributed by atoms with van der Waals surface area (Å²) in [6.07, 6.45) is 0. The highest BCUT2D eigenvalue weighted by molar-refractivity contribution is 7.99. The third kappa shape index (κ3) is 2.99. The van der Waals surface area contributed by atoms with Crippen LogP contribution in [0, 0.1) is 0 Å². The van der Waals surface area contributed by atoms with Crippen molar-refractivity contribution >= 4 is 28.7 Å². The number of thioether (sulfide) groups is 1. The van der Waals surface area contributed by atoms with Gasteiger partial charge in [-0.1, -0.05) is 42.1 Å². The second kappa shape index (κ2) is 6.66. The molecule has 1 amide bonds. The number of amides is 1. The zero-order valence-corrected chi connectivity index (χ0v) is 13.1. The van der Waals surface area contributed by atoms with E-state index in [1.54, 1.807) is 0 Å². The molecule has 22 heavy (non-hydrogen) atoms. The van der Waals surface area contributed by atoms with Crippen LogP contribution in [0.1, 0.15) is 6.92 Å². The number of imidazole rings is 1. The Hall–Kier alpha value is -2.27. The van der Waals surface area contributed by atoms with E-state index < -0.39 is 0 Å². The first-order chi connectivity index (χ1) is 10.8. The Morgan fingerprint density at radius 1 is 1.14 bits per heavy atom. The Bertz CT molecular complexity index is 783. The standard InChI is InChI=1S/C17H17N3OS/c1-2-18-16(21)12-22-17-19-14-10-6-7-11-15(14)20(17)13-8-4-3-5-9-13/h3-11H,2,12H2,1H3,(H,18,21). The van der Waals surface area contributed by atoms with Gasteiger partial charge < -0.3 is 5.32 Å². The fourth-order valence-corrected chi connectivity index (χ4v) is 3.16. The topological polar surface area (TPSA) is 46.9 Å². The molecule has 0 aliphatic heterocycles. The van der Waals surface area contributed by atoms with Crippen LogP contribution >= 0.6 is 11.8 Å². The molecule has 112 valence electrons. The summed E-state index contributed by atoms with van der Waals surface area (Å²) >= 11 is 1.46. The summed E-state index contributed by atoms with van der Waals surface area (Å²) in [6.45, 7) is 2.57. The smallest absolute Gasteiger partial charge is 0.230 e. The van der Waals surface area contributed by atoms with Crippen LogP contribution in [0.5, 0.6) is 0 Å². The van der Waals surface area contributed by atoms with E-state index in [0.29, 0.717) is 12.3 Å². The first-order valence-corrected chi connectivity index (χ1v) is 8.20. The lowest BCUT2D eigenvalue weighted by Gasteiger charge is -2.08. The van der Waals surface area contributed by atoms with Gasteiger partial charge in [0.05, 0.1) is 16.8 Å². The van der Waals surface area contributed by atoms with Crippen LogP contribution in [0.4, 0.5) is 0 Å². The first-order valence-electron chi connectivity index (χ1n) is 7.22. The van der Waals surface area contributed by atoms with Crippen molar-refractivity contribution in [3.8, 4) is 5.69 Å². The Morgan fingerprint density at radius 2 is 1.86 bits per heavy atom. The van der Waals surface area contributed by atoms with Crippen molar-refractivity contribution in [2.75, 3.05) is 12.3 Å². The molecule has 1 heterocycles. The number of hydrogen-bond acceptors (Lipinski definition) is 3. The van der Waals surface area contributed by atoms with Crippen LogP contribution in [-0.2, 0) is 4.79 Å². The summed E-state index contributed by atoms with van der Waals surface area (Å²) in [4.78, 5) is 16.4. The summed E-state index contributed by atoms with van der Waals surface area (Å²) < 4.78 is 2.10. The van der Waals surface area contributed by atoms with Gasteiger partial charge in [0, 0.05) is 12.2 Å². The van der Waals surface area contributed by atoms with E-state index >= 15 is 0 Å². The van der Waals surface area contributed by atoms with Gasteiger partial charge in [-0.25, -0.2) is 4.98 Å². The molecule has 0 unspecified atom stereocenters. The van der Waals surface area contributed by atoms with Crippen LogP contribution in [0.3, 0.4) is 0 Å². The Kier molecular flexibility index (Phi) is 4.44. The molecule has 0 aliphatic rings. The van der Waals surface area contributed by atoms with Gasteiger partial charge in [0.25, 0.3) is 0 Å². The summed E-state index contributed by atoms with van der Waals surface area (Å²) in [7, 11) is 0. The van der Waals surface area contributed by atoms with E-state index in [9.17, 15) is 4.79 Å². The molecule has 0 bridgehead atoms. The molecule has 0 atom stereocenters. The highest BCUT2D eigenvalue weighted by Gasteiger charge is 2.13. The normalized spacial score (nSPS) is 10.8. The van der Waals surface area contributed by atoms with E-state index in [1.807, 2.05) is 61.5 Å². The Morgan fingerprint density at radius 3 is 2.64 bits per heavy atom. The number of para-hydroxylation sites is 3. The van der Waals surface area contributed by atoms with Crippen molar-refractivity contribution in [3.63, 3.8) is 0 Å². The van der Waals surface area contributed by atoms with Gasteiger partial charge in [-0.3, -0.25) is 9.36 Å². The van der Waals surface area contributed by atoms with Crippen LogP contribution in [-0.4, -0.2) is 27.8 Å². The summed E-state index contributed by atoms with van der Waals surface area (Å²) in [6, 6.07) is 18.1. The fraction of sp³-hybridized carbons (Fsp3) is 0.176. The number of fused-ring (bicyclic) bond motifs is 1. The molecule has 0 aliphatic carbocycles. The summed E-state index contributed by atoms with van der Waals surface area (Å²) in [5.41, 5.74) is 3.03. The number of nitrogens with zero attached hydrogens (tertiary/aromatic N) is 2. The number of benzene rings is 2. The van der Waals surface area contributed by atoms with E-state index in [1.165, 1.54) is 11.8 Å². The second-order valence-electron chi connectivity index (χ2n) is 4.80. The van der Waals surface area contributed by atoms with Gasteiger partial charge in [-0.15, -0.1) is 0 Å². The maximum atomic E-state index is 11.7. The molecule has 3 aromatic rings. The number of nitrogens with one attached hydrogen (secondary N) is 1. The van der Waals surface area contributed by atoms with Gasteiger partial charge in [0.1, 0.15) is 0 Å². The lowest BCUT2D eigenvalue weighted by atomic mass is 10.3. The van der Waals surface area contributed by atoms with Crippen LogP contribution < -0.4 is 5.32 Å². The van der Waals surface area contributed by atoms with Crippen LogP contribution in [0.2, 0.25) is 0 Å². The molecule has 1 aromatic heterocycles. The predicted molar refractivity (Wildman–Crippen MR) is 90.5 cm³/mol. The number of aromatic nitrogens is 2. The average Bonchev–Trinajstić information content (AvgIpc) is 2.92.